The number of methoxy groups -OCH3 is 1. The first-order chi connectivity index (χ1) is 13.0. The average Bonchev–Trinajstić information content (AvgIpc) is 2.59. The van der Waals surface area contributed by atoms with Crippen molar-refractivity contribution in [1.29, 1.82) is 0 Å². The fourth-order valence-electron chi connectivity index (χ4n) is 3.66. The Labute approximate surface area is 159 Å². The van der Waals surface area contributed by atoms with Crippen molar-refractivity contribution in [2.75, 3.05) is 20.2 Å². The van der Waals surface area contributed by atoms with Gasteiger partial charge in [0.2, 0.25) is 5.91 Å². The molecule has 1 saturated heterocycles. The lowest BCUT2D eigenvalue weighted by Crippen LogP contribution is -2.56. The van der Waals surface area contributed by atoms with Crippen LogP contribution in [0, 0.1) is 11.8 Å². The minimum atomic E-state index is -0.304. The predicted molar refractivity (Wildman–Crippen MR) is 99.5 cm³/mol. The molecular weight excluding hydrogens is 348 g/mol. The fraction of sp³-hybridized carbons (Fsp3) is 0.600. The zero-order valence-electron chi connectivity index (χ0n) is 15.9. The molecule has 2 fully saturated rings. The highest BCUT2D eigenvalue weighted by molar-refractivity contribution is 5.82. The van der Waals surface area contributed by atoms with E-state index in [9.17, 15) is 14.7 Å². The van der Waals surface area contributed by atoms with Crippen LogP contribution >= 0.6 is 0 Å². The zero-order chi connectivity index (χ0) is 19.4. The number of benzene rings is 1. The SMILES string of the molecule is COc1cc(CNC(=O)C2CN(C(=O)O[C@H]3CCC[C@@H](C)C3)C2)ccc1O. The van der Waals surface area contributed by atoms with Crippen LogP contribution < -0.4 is 10.1 Å². The van der Waals surface area contributed by atoms with E-state index in [0.29, 0.717) is 31.3 Å². The summed E-state index contributed by atoms with van der Waals surface area (Å²) in [4.78, 5) is 26.0. The summed E-state index contributed by atoms with van der Waals surface area (Å²) in [6, 6.07) is 4.95. The molecule has 1 aliphatic heterocycles. The van der Waals surface area contributed by atoms with Crippen LogP contribution in [0.5, 0.6) is 11.5 Å². The zero-order valence-corrected chi connectivity index (χ0v) is 15.9. The smallest absolute Gasteiger partial charge is 0.410 e. The van der Waals surface area contributed by atoms with E-state index >= 15 is 0 Å². The molecule has 0 unspecified atom stereocenters. The van der Waals surface area contributed by atoms with Crippen molar-refractivity contribution in [3.8, 4) is 11.5 Å². The van der Waals surface area contributed by atoms with Gasteiger partial charge in [0.1, 0.15) is 6.10 Å². The lowest BCUT2D eigenvalue weighted by molar-refractivity contribution is -0.129. The Balaban J connectivity index is 1.40. The Kier molecular flexibility index (Phi) is 6.08. The highest BCUT2D eigenvalue weighted by atomic mass is 16.6. The van der Waals surface area contributed by atoms with E-state index in [-0.39, 0.29) is 29.8 Å². The Hall–Kier alpha value is -2.44. The van der Waals surface area contributed by atoms with Gasteiger partial charge in [0, 0.05) is 19.6 Å². The van der Waals surface area contributed by atoms with Gasteiger partial charge in [-0.05, 0) is 42.9 Å². The number of carbonyl (C=O) groups excluding carboxylic acids is 2. The van der Waals surface area contributed by atoms with Crippen molar-refractivity contribution >= 4 is 12.0 Å². The molecular formula is C20H28N2O5. The van der Waals surface area contributed by atoms with E-state index in [2.05, 4.69) is 12.2 Å². The number of aromatic hydroxyl groups is 1. The van der Waals surface area contributed by atoms with Crippen LogP contribution in [0.25, 0.3) is 0 Å². The molecule has 1 aromatic carbocycles. The second-order valence-corrected chi connectivity index (χ2v) is 7.60. The molecule has 1 aromatic rings. The highest BCUT2D eigenvalue weighted by Gasteiger charge is 2.37. The average molecular weight is 376 g/mol. The molecule has 0 bridgehead atoms. The Morgan fingerprint density at radius 3 is 2.78 bits per heavy atom. The lowest BCUT2D eigenvalue weighted by Gasteiger charge is -2.38. The minimum absolute atomic E-state index is 0.0126. The van der Waals surface area contributed by atoms with E-state index in [1.165, 1.54) is 19.6 Å². The van der Waals surface area contributed by atoms with Crippen molar-refractivity contribution in [3.05, 3.63) is 23.8 Å². The van der Waals surface area contributed by atoms with Gasteiger partial charge in [0.25, 0.3) is 0 Å². The fourth-order valence-corrected chi connectivity index (χ4v) is 3.66. The molecule has 7 heteroatoms. The maximum Gasteiger partial charge on any atom is 0.410 e. The molecule has 148 valence electrons. The summed E-state index contributed by atoms with van der Waals surface area (Å²) in [5, 5.41) is 12.5. The third-order valence-electron chi connectivity index (χ3n) is 5.38. The molecule has 3 rings (SSSR count). The van der Waals surface area contributed by atoms with Crippen LogP contribution in [-0.4, -0.2) is 48.3 Å². The predicted octanol–water partition coefficient (Wildman–Crippen LogP) is 2.66. The van der Waals surface area contributed by atoms with E-state index < -0.39 is 0 Å². The number of rotatable bonds is 5. The highest BCUT2D eigenvalue weighted by Crippen LogP contribution is 2.28. The molecule has 0 spiro atoms. The quantitative estimate of drug-likeness (QED) is 0.825. The number of nitrogens with one attached hydrogen (secondary N) is 1. The number of nitrogens with zero attached hydrogens (tertiary/aromatic N) is 1. The summed E-state index contributed by atoms with van der Waals surface area (Å²) in [5.74, 6) is 0.744. The van der Waals surface area contributed by atoms with Gasteiger partial charge in [0.15, 0.2) is 11.5 Å². The normalized spacial score (nSPS) is 22.7. The summed E-state index contributed by atoms with van der Waals surface area (Å²) in [5.41, 5.74) is 0.833. The van der Waals surface area contributed by atoms with Crippen LogP contribution in [0.2, 0.25) is 0 Å². The molecule has 7 nitrogen and oxygen atoms in total. The molecule has 2 amide bonds. The van der Waals surface area contributed by atoms with Gasteiger partial charge in [-0.2, -0.15) is 0 Å². The number of likely N-dealkylation sites (tertiary alicyclic amines) is 1. The largest absolute Gasteiger partial charge is 0.504 e. The van der Waals surface area contributed by atoms with Crippen molar-refractivity contribution < 1.29 is 24.2 Å². The van der Waals surface area contributed by atoms with Gasteiger partial charge in [0.05, 0.1) is 13.0 Å². The first-order valence-corrected chi connectivity index (χ1v) is 9.55. The van der Waals surface area contributed by atoms with E-state index in [0.717, 1.165) is 24.8 Å². The van der Waals surface area contributed by atoms with Gasteiger partial charge in [-0.3, -0.25) is 4.79 Å². The second-order valence-electron chi connectivity index (χ2n) is 7.60. The molecule has 1 heterocycles. The summed E-state index contributed by atoms with van der Waals surface area (Å²) in [7, 11) is 1.48. The second kappa shape index (κ2) is 8.50. The van der Waals surface area contributed by atoms with Crippen LogP contribution in [0.15, 0.2) is 18.2 Å². The molecule has 1 saturated carbocycles. The van der Waals surface area contributed by atoms with Crippen molar-refractivity contribution in [3.63, 3.8) is 0 Å². The Morgan fingerprint density at radius 2 is 2.07 bits per heavy atom. The minimum Gasteiger partial charge on any atom is -0.504 e. The molecule has 0 radical (unpaired) electrons. The number of hydrogen-bond donors (Lipinski definition) is 2. The van der Waals surface area contributed by atoms with E-state index in [1.807, 2.05) is 0 Å². The molecule has 0 aromatic heterocycles. The van der Waals surface area contributed by atoms with Crippen molar-refractivity contribution in [2.24, 2.45) is 11.8 Å². The topological polar surface area (TPSA) is 88.1 Å². The standard InChI is InChI=1S/C20H28N2O5/c1-13-4-3-5-16(8-13)27-20(25)22-11-15(12-22)19(24)21-10-14-6-7-17(23)18(9-14)26-2/h6-7,9,13,15-16,23H,3-5,8,10-12H2,1-2H3,(H,21,24)/t13-,16+/m1/s1. The first kappa shape index (κ1) is 19.3. The first-order valence-electron chi connectivity index (χ1n) is 9.55. The molecule has 27 heavy (non-hydrogen) atoms. The number of phenolic OH excluding ortho intramolecular Hbond substituents is 1. The van der Waals surface area contributed by atoms with Gasteiger partial charge >= 0.3 is 6.09 Å². The molecule has 2 N–H and O–H groups in total. The van der Waals surface area contributed by atoms with Crippen LogP contribution in [0.4, 0.5) is 4.79 Å². The number of amides is 2. The third kappa shape index (κ3) is 4.84. The summed E-state index contributed by atoms with van der Waals surface area (Å²) >= 11 is 0. The molecule has 2 aliphatic rings. The van der Waals surface area contributed by atoms with E-state index in [1.54, 1.807) is 17.0 Å². The van der Waals surface area contributed by atoms with Crippen LogP contribution in [-0.2, 0) is 16.1 Å². The van der Waals surface area contributed by atoms with E-state index in [4.69, 9.17) is 9.47 Å². The van der Waals surface area contributed by atoms with Gasteiger partial charge < -0.3 is 24.8 Å². The number of ether oxygens (including phenoxy) is 2. The Bertz CT molecular complexity index is 687. The van der Waals surface area contributed by atoms with Crippen molar-refractivity contribution in [1.82, 2.24) is 10.2 Å². The maximum absolute atomic E-state index is 12.3. The Morgan fingerprint density at radius 1 is 1.30 bits per heavy atom. The number of phenols is 1. The van der Waals surface area contributed by atoms with Crippen LogP contribution in [0.3, 0.4) is 0 Å². The molecule has 2 atom stereocenters. The van der Waals surface area contributed by atoms with Crippen LogP contribution in [0.1, 0.15) is 38.2 Å². The third-order valence-corrected chi connectivity index (χ3v) is 5.38. The maximum atomic E-state index is 12.3. The monoisotopic (exact) mass is 376 g/mol. The van der Waals surface area contributed by atoms with Gasteiger partial charge in [-0.15, -0.1) is 0 Å². The molecule has 1 aliphatic carbocycles. The summed E-state index contributed by atoms with van der Waals surface area (Å²) in [6.45, 7) is 3.32. The van der Waals surface area contributed by atoms with Gasteiger partial charge in [-0.25, -0.2) is 4.79 Å². The lowest BCUT2D eigenvalue weighted by atomic mass is 9.89. The number of hydrogen-bond acceptors (Lipinski definition) is 5. The summed E-state index contributed by atoms with van der Waals surface area (Å²) < 4.78 is 10.6. The number of carbonyl (C=O) groups is 2. The van der Waals surface area contributed by atoms with Crippen molar-refractivity contribution in [2.45, 2.75) is 45.3 Å². The van der Waals surface area contributed by atoms with Gasteiger partial charge in [-0.1, -0.05) is 19.4 Å². The summed E-state index contributed by atoms with van der Waals surface area (Å²) in [6.07, 6.45) is 3.88.